The maximum atomic E-state index is 12.3. The molecule has 2 rings (SSSR count). The van der Waals surface area contributed by atoms with Gasteiger partial charge in [-0.3, -0.25) is 4.79 Å². The van der Waals surface area contributed by atoms with Gasteiger partial charge in [-0.25, -0.2) is 0 Å². The van der Waals surface area contributed by atoms with E-state index in [-0.39, 0.29) is 11.7 Å². The van der Waals surface area contributed by atoms with Crippen molar-refractivity contribution < 1.29 is 9.90 Å². The third kappa shape index (κ3) is 4.14. The zero-order chi connectivity index (χ0) is 15.1. The third-order valence-electron chi connectivity index (χ3n) is 3.64. The summed E-state index contributed by atoms with van der Waals surface area (Å²) in [6.45, 7) is 3.76. The quantitative estimate of drug-likeness (QED) is 0.620. The van der Waals surface area contributed by atoms with Crippen molar-refractivity contribution in [3.8, 4) is 0 Å². The Kier molecular flexibility index (Phi) is 5.47. The van der Waals surface area contributed by atoms with Crippen molar-refractivity contribution in [1.82, 2.24) is 0 Å². The van der Waals surface area contributed by atoms with E-state index in [9.17, 15) is 9.90 Å². The molecule has 0 heterocycles. The number of aliphatic hydroxyl groups is 1. The van der Waals surface area contributed by atoms with Crippen LogP contribution in [0.1, 0.15) is 22.3 Å². The molecule has 0 fully saturated rings. The molecule has 1 N–H and O–H groups in total. The van der Waals surface area contributed by atoms with Crippen molar-refractivity contribution in [1.29, 1.82) is 0 Å². The van der Waals surface area contributed by atoms with Crippen LogP contribution in [0.4, 0.5) is 0 Å². The minimum Gasteiger partial charge on any atom is -0.384 e. The van der Waals surface area contributed by atoms with Gasteiger partial charge in [-0.15, -0.1) is 6.58 Å². The predicted molar refractivity (Wildman–Crippen MR) is 85.2 cm³/mol. The van der Waals surface area contributed by atoms with E-state index in [0.717, 1.165) is 6.42 Å². The standard InChI is InChI=1S/C19H20O2/c1-2-16(14-13-15-9-5-3-6-10-15)18(20)19(21)17-11-7-4-8-12-17/h2-12,16,18,20H,1,13-14H2/t16-,18-/m1/s1. The fourth-order valence-electron chi connectivity index (χ4n) is 2.35. The molecule has 0 saturated carbocycles. The van der Waals surface area contributed by atoms with E-state index >= 15 is 0 Å². The average Bonchev–Trinajstić information content (AvgIpc) is 2.56. The van der Waals surface area contributed by atoms with E-state index < -0.39 is 6.10 Å². The summed E-state index contributed by atoms with van der Waals surface area (Å²) in [6, 6.07) is 18.9. The van der Waals surface area contributed by atoms with Gasteiger partial charge in [-0.05, 0) is 18.4 Å². The molecule has 0 spiro atoms. The highest BCUT2D eigenvalue weighted by Gasteiger charge is 2.24. The second-order valence-electron chi connectivity index (χ2n) is 5.10. The van der Waals surface area contributed by atoms with Crippen LogP contribution in [0.5, 0.6) is 0 Å². The molecule has 2 heteroatoms. The van der Waals surface area contributed by atoms with E-state index in [4.69, 9.17) is 0 Å². The first-order chi connectivity index (χ1) is 10.2. The fraction of sp³-hybridized carbons (Fsp3) is 0.211. The molecule has 108 valence electrons. The molecule has 0 unspecified atom stereocenters. The number of hydrogen-bond acceptors (Lipinski definition) is 2. The molecule has 0 aromatic heterocycles. The Morgan fingerprint density at radius 1 is 1.05 bits per heavy atom. The first kappa shape index (κ1) is 15.2. The van der Waals surface area contributed by atoms with Gasteiger partial charge in [0.1, 0.15) is 6.10 Å². The minimum atomic E-state index is -1.03. The highest BCUT2D eigenvalue weighted by atomic mass is 16.3. The molecule has 0 aliphatic rings. The van der Waals surface area contributed by atoms with E-state index in [1.54, 1.807) is 30.3 Å². The molecule has 0 amide bonds. The summed E-state index contributed by atoms with van der Waals surface area (Å²) in [4.78, 5) is 12.3. The first-order valence-corrected chi connectivity index (χ1v) is 7.16. The Balaban J connectivity index is 2.00. The average molecular weight is 280 g/mol. The lowest BCUT2D eigenvalue weighted by molar-refractivity contribution is 0.0649. The molecule has 0 aliphatic carbocycles. The summed E-state index contributed by atoms with van der Waals surface area (Å²) in [5.41, 5.74) is 1.74. The summed E-state index contributed by atoms with van der Waals surface area (Å²) >= 11 is 0. The Morgan fingerprint density at radius 3 is 2.19 bits per heavy atom. The lowest BCUT2D eigenvalue weighted by atomic mass is 9.90. The molecule has 2 nitrogen and oxygen atoms in total. The highest BCUT2D eigenvalue weighted by molar-refractivity contribution is 5.99. The maximum absolute atomic E-state index is 12.3. The molecule has 21 heavy (non-hydrogen) atoms. The number of hydrogen-bond donors (Lipinski definition) is 1. The maximum Gasteiger partial charge on any atom is 0.191 e. The third-order valence-corrected chi connectivity index (χ3v) is 3.64. The van der Waals surface area contributed by atoms with Crippen LogP contribution in [-0.2, 0) is 6.42 Å². The van der Waals surface area contributed by atoms with Crippen molar-refractivity contribution >= 4 is 5.78 Å². The van der Waals surface area contributed by atoms with Crippen molar-refractivity contribution in [2.75, 3.05) is 0 Å². The van der Waals surface area contributed by atoms with Gasteiger partial charge >= 0.3 is 0 Å². The fourth-order valence-corrected chi connectivity index (χ4v) is 2.35. The van der Waals surface area contributed by atoms with Gasteiger partial charge in [0, 0.05) is 11.5 Å². The van der Waals surface area contributed by atoms with Crippen molar-refractivity contribution in [3.05, 3.63) is 84.4 Å². The van der Waals surface area contributed by atoms with Crippen LogP contribution in [0.2, 0.25) is 0 Å². The lowest BCUT2D eigenvalue weighted by Gasteiger charge is -2.18. The zero-order valence-corrected chi connectivity index (χ0v) is 12.0. The monoisotopic (exact) mass is 280 g/mol. The number of ketones is 1. The molecular formula is C19H20O2. The van der Waals surface area contributed by atoms with Gasteiger partial charge in [-0.1, -0.05) is 66.7 Å². The van der Waals surface area contributed by atoms with Crippen LogP contribution >= 0.6 is 0 Å². The second kappa shape index (κ2) is 7.55. The Bertz CT molecular complexity index is 575. The molecule has 2 atom stereocenters. The summed E-state index contributed by atoms with van der Waals surface area (Å²) in [5, 5.41) is 10.3. The van der Waals surface area contributed by atoms with Crippen LogP contribution in [0.3, 0.4) is 0 Å². The largest absolute Gasteiger partial charge is 0.384 e. The van der Waals surface area contributed by atoms with Crippen LogP contribution in [0.15, 0.2) is 73.3 Å². The minimum absolute atomic E-state index is 0.238. The van der Waals surface area contributed by atoms with Gasteiger partial charge in [0.05, 0.1) is 0 Å². The van der Waals surface area contributed by atoms with Crippen LogP contribution in [-0.4, -0.2) is 17.0 Å². The highest BCUT2D eigenvalue weighted by Crippen LogP contribution is 2.18. The van der Waals surface area contributed by atoms with E-state index in [1.807, 2.05) is 36.4 Å². The van der Waals surface area contributed by atoms with Gasteiger partial charge in [0.15, 0.2) is 5.78 Å². The Morgan fingerprint density at radius 2 is 1.62 bits per heavy atom. The van der Waals surface area contributed by atoms with Gasteiger partial charge in [0.2, 0.25) is 0 Å². The van der Waals surface area contributed by atoms with Crippen LogP contribution in [0, 0.1) is 5.92 Å². The lowest BCUT2D eigenvalue weighted by Crippen LogP contribution is -2.28. The molecule has 0 saturated heterocycles. The number of benzene rings is 2. The Labute approximate surface area is 125 Å². The summed E-state index contributed by atoms with van der Waals surface area (Å²) < 4.78 is 0. The van der Waals surface area contributed by atoms with E-state index in [1.165, 1.54) is 5.56 Å². The smallest absolute Gasteiger partial charge is 0.191 e. The molecule has 0 bridgehead atoms. The number of Topliss-reactive ketones (excluding diaryl/α,β-unsaturated/α-hetero) is 1. The number of carbonyl (C=O) groups excluding carboxylic acids is 1. The normalized spacial score (nSPS) is 13.4. The van der Waals surface area contributed by atoms with Crippen LogP contribution in [0.25, 0.3) is 0 Å². The number of aryl methyl sites for hydroxylation is 1. The van der Waals surface area contributed by atoms with Gasteiger partial charge < -0.3 is 5.11 Å². The molecule has 0 radical (unpaired) electrons. The SMILES string of the molecule is C=C[C@H](CCc1ccccc1)[C@@H](O)C(=O)c1ccccc1. The summed E-state index contributed by atoms with van der Waals surface area (Å²) in [7, 11) is 0. The molecule has 2 aromatic carbocycles. The first-order valence-electron chi connectivity index (χ1n) is 7.16. The van der Waals surface area contributed by atoms with Crippen molar-refractivity contribution in [3.63, 3.8) is 0 Å². The second-order valence-corrected chi connectivity index (χ2v) is 5.10. The number of aliphatic hydroxyl groups excluding tert-OH is 1. The topological polar surface area (TPSA) is 37.3 Å². The Hall–Kier alpha value is -2.19. The van der Waals surface area contributed by atoms with Crippen LogP contribution < -0.4 is 0 Å². The summed E-state index contributed by atoms with van der Waals surface area (Å²) in [5.74, 6) is -0.480. The summed E-state index contributed by atoms with van der Waals surface area (Å²) in [6.07, 6.45) is 2.16. The number of rotatable bonds is 7. The van der Waals surface area contributed by atoms with Gasteiger partial charge in [0.25, 0.3) is 0 Å². The molecular weight excluding hydrogens is 260 g/mol. The predicted octanol–water partition coefficient (Wildman–Crippen LogP) is 3.67. The molecule has 0 aliphatic heterocycles. The molecule has 2 aromatic rings. The van der Waals surface area contributed by atoms with Crippen molar-refractivity contribution in [2.24, 2.45) is 5.92 Å². The van der Waals surface area contributed by atoms with E-state index in [2.05, 4.69) is 6.58 Å². The zero-order valence-electron chi connectivity index (χ0n) is 12.0. The van der Waals surface area contributed by atoms with Gasteiger partial charge in [-0.2, -0.15) is 0 Å². The van der Waals surface area contributed by atoms with Crippen molar-refractivity contribution in [2.45, 2.75) is 18.9 Å². The van der Waals surface area contributed by atoms with E-state index in [0.29, 0.717) is 12.0 Å². The number of carbonyl (C=O) groups is 1.